The number of hydrogen-bond donors (Lipinski definition) is 1. The van der Waals surface area contributed by atoms with Gasteiger partial charge in [-0.3, -0.25) is 10.1 Å². The molecule has 21 heavy (non-hydrogen) atoms. The van der Waals surface area contributed by atoms with Gasteiger partial charge in [-0.05, 0) is 18.2 Å². The van der Waals surface area contributed by atoms with E-state index in [0.717, 1.165) is 17.7 Å². The van der Waals surface area contributed by atoms with Gasteiger partial charge >= 0.3 is 5.69 Å². The van der Waals surface area contributed by atoms with Crippen LogP contribution in [0.25, 0.3) is 0 Å². The fourth-order valence-corrected chi connectivity index (χ4v) is 2.09. The van der Waals surface area contributed by atoms with E-state index in [-0.39, 0.29) is 0 Å². The highest BCUT2D eigenvalue weighted by atomic mass is 35.5. The molecular formula is C14H12ClFN2O3. The van der Waals surface area contributed by atoms with Crippen molar-refractivity contribution >= 4 is 23.0 Å². The molecule has 0 aliphatic heterocycles. The molecule has 0 aliphatic rings. The van der Waals surface area contributed by atoms with Crippen LogP contribution in [0.5, 0.6) is 5.75 Å². The summed E-state index contributed by atoms with van der Waals surface area (Å²) in [5.41, 5.74) is 0.580. The van der Waals surface area contributed by atoms with Crippen molar-refractivity contribution < 1.29 is 14.1 Å². The molecule has 0 aliphatic carbocycles. The Morgan fingerprint density at radius 3 is 2.76 bits per heavy atom. The van der Waals surface area contributed by atoms with Crippen molar-refractivity contribution in [1.82, 2.24) is 0 Å². The molecule has 0 amide bonds. The number of benzene rings is 2. The third-order valence-electron chi connectivity index (χ3n) is 2.91. The molecule has 0 bridgehead atoms. The maximum Gasteiger partial charge on any atom is 0.304 e. The molecule has 2 aromatic carbocycles. The van der Waals surface area contributed by atoms with Crippen LogP contribution in [-0.2, 0) is 6.54 Å². The number of nitro benzene ring substituents is 1. The molecule has 0 fully saturated rings. The molecule has 2 aromatic rings. The predicted octanol–water partition coefficient (Wildman–Crippen LogP) is 4.01. The SMILES string of the molecule is COc1cccc(Cl)c1CNc1ccc([N+](=O)[O-])c(F)c1. The largest absolute Gasteiger partial charge is 0.496 e. The van der Waals surface area contributed by atoms with Gasteiger partial charge in [0.1, 0.15) is 5.75 Å². The smallest absolute Gasteiger partial charge is 0.304 e. The minimum atomic E-state index is -0.892. The van der Waals surface area contributed by atoms with E-state index in [1.165, 1.54) is 13.2 Å². The van der Waals surface area contributed by atoms with Gasteiger partial charge in [-0.15, -0.1) is 0 Å². The number of ether oxygens (including phenoxy) is 1. The van der Waals surface area contributed by atoms with E-state index in [1.807, 2.05) is 0 Å². The first-order valence-electron chi connectivity index (χ1n) is 6.02. The molecule has 0 radical (unpaired) electrons. The molecule has 1 N–H and O–H groups in total. The highest BCUT2D eigenvalue weighted by Crippen LogP contribution is 2.28. The minimum Gasteiger partial charge on any atom is -0.496 e. The van der Waals surface area contributed by atoms with Crippen molar-refractivity contribution in [3.8, 4) is 5.75 Å². The molecule has 0 unspecified atom stereocenters. The Balaban J connectivity index is 2.17. The number of nitrogens with one attached hydrogen (secondary N) is 1. The highest BCUT2D eigenvalue weighted by molar-refractivity contribution is 6.31. The van der Waals surface area contributed by atoms with E-state index in [2.05, 4.69) is 5.32 Å². The molecule has 0 saturated carbocycles. The third kappa shape index (κ3) is 3.41. The second-order valence-electron chi connectivity index (χ2n) is 4.20. The van der Waals surface area contributed by atoms with Gasteiger partial charge in [0.15, 0.2) is 0 Å². The van der Waals surface area contributed by atoms with Gasteiger partial charge in [-0.1, -0.05) is 17.7 Å². The Morgan fingerprint density at radius 2 is 2.14 bits per heavy atom. The van der Waals surface area contributed by atoms with Crippen molar-refractivity contribution in [2.75, 3.05) is 12.4 Å². The van der Waals surface area contributed by atoms with Crippen molar-refractivity contribution in [2.24, 2.45) is 0 Å². The summed E-state index contributed by atoms with van der Waals surface area (Å²) in [6, 6.07) is 8.86. The first-order chi connectivity index (χ1) is 10.0. The lowest BCUT2D eigenvalue weighted by Gasteiger charge is -2.12. The highest BCUT2D eigenvalue weighted by Gasteiger charge is 2.14. The molecule has 0 atom stereocenters. The normalized spacial score (nSPS) is 10.2. The zero-order valence-electron chi connectivity index (χ0n) is 11.1. The molecule has 0 heterocycles. The Bertz CT molecular complexity index is 679. The number of rotatable bonds is 5. The lowest BCUT2D eigenvalue weighted by atomic mass is 10.2. The first kappa shape index (κ1) is 15.1. The van der Waals surface area contributed by atoms with Gasteiger partial charge in [0.25, 0.3) is 0 Å². The quantitative estimate of drug-likeness (QED) is 0.669. The van der Waals surface area contributed by atoms with Crippen LogP contribution in [-0.4, -0.2) is 12.0 Å². The third-order valence-corrected chi connectivity index (χ3v) is 3.26. The Kier molecular flexibility index (Phi) is 4.59. The van der Waals surface area contributed by atoms with Gasteiger partial charge in [0.2, 0.25) is 5.82 Å². The summed E-state index contributed by atoms with van der Waals surface area (Å²) in [6.45, 7) is 0.306. The van der Waals surface area contributed by atoms with Crippen LogP contribution < -0.4 is 10.1 Å². The summed E-state index contributed by atoms with van der Waals surface area (Å²) >= 11 is 6.09. The summed E-state index contributed by atoms with van der Waals surface area (Å²) < 4.78 is 18.7. The molecule has 5 nitrogen and oxygen atoms in total. The number of anilines is 1. The second-order valence-corrected chi connectivity index (χ2v) is 4.60. The van der Waals surface area contributed by atoms with E-state index < -0.39 is 16.4 Å². The second kappa shape index (κ2) is 6.41. The number of nitro groups is 1. The van der Waals surface area contributed by atoms with E-state index in [9.17, 15) is 14.5 Å². The lowest BCUT2D eigenvalue weighted by molar-refractivity contribution is -0.387. The zero-order valence-corrected chi connectivity index (χ0v) is 11.9. The van der Waals surface area contributed by atoms with Crippen molar-refractivity contribution in [3.05, 3.63) is 62.9 Å². The Hall–Kier alpha value is -2.34. The average molecular weight is 311 g/mol. The maximum atomic E-state index is 13.5. The maximum absolute atomic E-state index is 13.5. The Labute approximate surface area is 125 Å². The van der Waals surface area contributed by atoms with Crippen LogP contribution in [0.2, 0.25) is 5.02 Å². The zero-order chi connectivity index (χ0) is 15.4. The number of halogens is 2. The first-order valence-corrected chi connectivity index (χ1v) is 6.40. The van der Waals surface area contributed by atoms with Crippen LogP contribution in [0.3, 0.4) is 0 Å². The monoisotopic (exact) mass is 310 g/mol. The van der Waals surface area contributed by atoms with Crippen LogP contribution in [0.15, 0.2) is 36.4 Å². The molecule has 0 aromatic heterocycles. The molecular weight excluding hydrogens is 299 g/mol. The van der Waals surface area contributed by atoms with Crippen molar-refractivity contribution in [1.29, 1.82) is 0 Å². The van der Waals surface area contributed by atoms with E-state index in [1.54, 1.807) is 18.2 Å². The predicted molar refractivity (Wildman–Crippen MR) is 78.4 cm³/mol. The fraction of sp³-hybridized carbons (Fsp3) is 0.143. The van der Waals surface area contributed by atoms with E-state index >= 15 is 0 Å². The summed E-state index contributed by atoms with van der Waals surface area (Å²) in [6.07, 6.45) is 0. The summed E-state index contributed by atoms with van der Waals surface area (Å²) in [7, 11) is 1.53. The Morgan fingerprint density at radius 1 is 1.38 bits per heavy atom. The van der Waals surface area contributed by atoms with Crippen LogP contribution in [0.1, 0.15) is 5.56 Å². The van der Waals surface area contributed by atoms with Crippen molar-refractivity contribution in [2.45, 2.75) is 6.54 Å². The molecule has 0 saturated heterocycles. The molecule has 110 valence electrons. The minimum absolute atomic E-state index is 0.306. The number of nitrogens with zero attached hydrogens (tertiary/aromatic N) is 1. The van der Waals surface area contributed by atoms with E-state index in [0.29, 0.717) is 23.0 Å². The molecule has 0 spiro atoms. The number of methoxy groups -OCH3 is 1. The van der Waals surface area contributed by atoms with E-state index in [4.69, 9.17) is 16.3 Å². The van der Waals surface area contributed by atoms with Gasteiger partial charge in [0.05, 0.1) is 12.0 Å². The summed E-state index contributed by atoms with van der Waals surface area (Å²) in [5, 5.41) is 14.0. The lowest BCUT2D eigenvalue weighted by Crippen LogP contribution is -2.03. The fourth-order valence-electron chi connectivity index (χ4n) is 1.86. The summed E-state index contributed by atoms with van der Waals surface area (Å²) in [4.78, 5) is 9.78. The van der Waals surface area contributed by atoms with Gasteiger partial charge in [-0.2, -0.15) is 4.39 Å². The number of hydrogen-bond acceptors (Lipinski definition) is 4. The molecule has 2 rings (SSSR count). The standard InChI is InChI=1S/C14H12ClFN2O3/c1-21-14-4-2-3-11(15)10(14)8-17-9-5-6-13(18(19)20)12(16)7-9/h2-7,17H,8H2,1H3. The molecule has 7 heteroatoms. The van der Waals surface area contributed by atoms with Gasteiger partial charge in [0, 0.05) is 35.0 Å². The summed E-state index contributed by atoms with van der Waals surface area (Å²) in [5.74, 6) is -0.284. The average Bonchev–Trinajstić information content (AvgIpc) is 2.45. The van der Waals surface area contributed by atoms with Crippen molar-refractivity contribution in [3.63, 3.8) is 0 Å². The topological polar surface area (TPSA) is 64.4 Å². The van der Waals surface area contributed by atoms with Gasteiger partial charge in [-0.25, -0.2) is 0 Å². The van der Waals surface area contributed by atoms with Crippen LogP contribution >= 0.6 is 11.6 Å². The van der Waals surface area contributed by atoms with Gasteiger partial charge < -0.3 is 10.1 Å². The van der Waals surface area contributed by atoms with Crippen LogP contribution in [0, 0.1) is 15.9 Å². The van der Waals surface area contributed by atoms with Crippen LogP contribution in [0.4, 0.5) is 15.8 Å².